The first-order valence-corrected chi connectivity index (χ1v) is 6.38. The Labute approximate surface area is 108 Å². The zero-order chi connectivity index (χ0) is 13.3. The van der Waals surface area contributed by atoms with Gasteiger partial charge in [0.05, 0.1) is 11.5 Å². The fraction of sp³-hybridized carbons (Fsp3) is 0.533. The van der Waals surface area contributed by atoms with Gasteiger partial charge in [0.15, 0.2) is 0 Å². The first kappa shape index (κ1) is 12.9. The number of aliphatic carboxylic acids is 1. The van der Waals surface area contributed by atoms with Crippen LogP contribution in [0.1, 0.15) is 37.8 Å². The van der Waals surface area contributed by atoms with Crippen molar-refractivity contribution < 1.29 is 14.6 Å². The standard InChI is InChI=1S/C15H20O3/c1-10-4-7-13(18-12-5-6-12)11(8-10)9-15(2,3)14(16)17/h4,7-8,12H,5-6,9H2,1-3H3,(H,16,17). The monoisotopic (exact) mass is 248 g/mol. The molecule has 0 saturated heterocycles. The molecule has 0 spiro atoms. The van der Waals surface area contributed by atoms with Crippen molar-refractivity contribution in [1.82, 2.24) is 0 Å². The van der Waals surface area contributed by atoms with E-state index in [2.05, 4.69) is 0 Å². The Kier molecular flexibility index (Phi) is 3.33. The molecule has 3 nitrogen and oxygen atoms in total. The lowest BCUT2D eigenvalue weighted by molar-refractivity contribution is -0.146. The third kappa shape index (κ3) is 3.03. The molecule has 1 N–H and O–H groups in total. The number of hydrogen-bond acceptors (Lipinski definition) is 2. The van der Waals surface area contributed by atoms with Crippen molar-refractivity contribution in [3.05, 3.63) is 29.3 Å². The molecule has 98 valence electrons. The summed E-state index contributed by atoms with van der Waals surface area (Å²) in [6.07, 6.45) is 3.04. The van der Waals surface area contributed by atoms with E-state index in [1.54, 1.807) is 13.8 Å². The molecule has 18 heavy (non-hydrogen) atoms. The van der Waals surface area contributed by atoms with Crippen molar-refractivity contribution in [2.45, 2.75) is 46.1 Å². The van der Waals surface area contributed by atoms with Crippen LogP contribution >= 0.6 is 0 Å². The van der Waals surface area contributed by atoms with Gasteiger partial charge in [-0.1, -0.05) is 17.7 Å². The largest absolute Gasteiger partial charge is 0.490 e. The van der Waals surface area contributed by atoms with Gasteiger partial charge < -0.3 is 9.84 Å². The summed E-state index contributed by atoms with van der Waals surface area (Å²) in [6.45, 7) is 5.51. The third-order valence-electron chi connectivity index (χ3n) is 3.25. The number of benzene rings is 1. The summed E-state index contributed by atoms with van der Waals surface area (Å²) in [5, 5.41) is 9.22. The van der Waals surface area contributed by atoms with Crippen molar-refractivity contribution in [1.29, 1.82) is 0 Å². The maximum atomic E-state index is 11.2. The van der Waals surface area contributed by atoms with Crippen molar-refractivity contribution in [2.75, 3.05) is 0 Å². The van der Waals surface area contributed by atoms with E-state index >= 15 is 0 Å². The molecule has 0 atom stereocenters. The Morgan fingerprint density at radius 1 is 1.44 bits per heavy atom. The van der Waals surface area contributed by atoms with Gasteiger partial charge in [0.1, 0.15) is 5.75 Å². The molecule has 0 aromatic heterocycles. The van der Waals surface area contributed by atoms with Crippen LogP contribution in [0.15, 0.2) is 18.2 Å². The average Bonchev–Trinajstić information content (AvgIpc) is 3.05. The quantitative estimate of drug-likeness (QED) is 0.870. The minimum atomic E-state index is -0.777. The molecule has 2 rings (SSSR count). The highest BCUT2D eigenvalue weighted by Crippen LogP contribution is 2.33. The molecule has 1 saturated carbocycles. The van der Waals surface area contributed by atoms with Gasteiger partial charge >= 0.3 is 5.97 Å². The molecule has 1 aliphatic rings. The number of rotatable bonds is 5. The second-order valence-corrected chi connectivity index (χ2v) is 5.79. The van der Waals surface area contributed by atoms with Crippen molar-refractivity contribution in [2.24, 2.45) is 5.41 Å². The van der Waals surface area contributed by atoms with E-state index in [9.17, 15) is 9.90 Å². The lowest BCUT2D eigenvalue weighted by Crippen LogP contribution is -2.26. The number of carbonyl (C=O) groups is 1. The number of carboxylic acids is 1. The first-order valence-electron chi connectivity index (χ1n) is 6.38. The van der Waals surface area contributed by atoms with Crippen LogP contribution in [0.5, 0.6) is 5.75 Å². The number of aryl methyl sites for hydroxylation is 1. The summed E-state index contributed by atoms with van der Waals surface area (Å²) in [6, 6.07) is 6.00. The van der Waals surface area contributed by atoms with E-state index in [4.69, 9.17) is 4.74 Å². The molecule has 0 aliphatic heterocycles. The molecule has 1 aromatic carbocycles. The van der Waals surface area contributed by atoms with Crippen LogP contribution < -0.4 is 4.74 Å². The summed E-state index contributed by atoms with van der Waals surface area (Å²) in [7, 11) is 0. The van der Waals surface area contributed by atoms with Crippen LogP contribution in [0.4, 0.5) is 0 Å². The molecular weight excluding hydrogens is 228 g/mol. The lowest BCUT2D eigenvalue weighted by atomic mass is 9.85. The topological polar surface area (TPSA) is 46.5 Å². The van der Waals surface area contributed by atoms with Crippen molar-refractivity contribution >= 4 is 5.97 Å². The van der Waals surface area contributed by atoms with E-state index in [1.807, 2.05) is 25.1 Å². The van der Waals surface area contributed by atoms with Crippen LogP contribution in [0.3, 0.4) is 0 Å². The highest BCUT2D eigenvalue weighted by molar-refractivity contribution is 5.74. The summed E-state index contributed by atoms with van der Waals surface area (Å²) < 4.78 is 5.84. The van der Waals surface area contributed by atoms with Crippen LogP contribution in [-0.2, 0) is 11.2 Å². The highest BCUT2D eigenvalue weighted by atomic mass is 16.5. The molecule has 0 amide bonds. The summed E-state index contributed by atoms with van der Waals surface area (Å²) in [4.78, 5) is 11.2. The third-order valence-corrected chi connectivity index (χ3v) is 3.25. The summed E-state index contributed by atoms with van der Waals surface area (Å²) in [5.74, 6) is 0.0683. The normalized spacial score (nSPS) is 15.5. The molecule has 0 radical (unpaired) electrons. The minimum absolute atomic E-state index is 0.333. The summed E-state index contributed by atoms with van der Waals surface area (Å²) in [5.41, 5.74) is 1.36. The average molecular weight is 248 g/mol. The van der Waals surface area contributed by atoms with Gasteiger partial charge in [-0.2, -0.15) is 0 Å². The van der Waals surface area contributed by atoms with Gasteiger partial charge in [-0.15, -0.1) is 0 Å². The van der Waals surface area contributed by atoms with Gasteiger partial charge in [0.2, 0.25) is 0 Å². The SMILES string of the molecule is Cc1ccc(OC2CC2)c(CC(C)(C)C(=O)O)c1. The fourth-order valence-corrected chi connectivity index (χ4v) is 1.88. The Morgan fingerprint density at radius 2 is 2.11 bits per heavy atom. The van der Waals surface area contributed by atoms with Gasteiger partial charge in [0.25, 0.3) is 0 Å². The fourth-order valence-electron chi connectivity index (χ4n) is 1.88. The first-order chi connectivity index (χ1) is 8.38. The smallest absolute Gasteiger partial charge is 0.309 e. The Bertz CT molecular complexity index is 459. The minimum Gasteiger partial charge on any atom is -0.490 e. The molecule has 1 fully saturated rings. The van der Waals surface area contributed by atoms with E-state index in [0.29, 0.717) is 12.5 Å². The Hall–Kier alpha value is -1.51. The molecular formula is C15H20O3. The molecule has 0 heterocycles. The van der Waals surface area contributed by atoms with Gasteiger partial charge in [-0.05, 0) is 51.7 Å². The predicted molar refractivity (Wildman–Crippen MR) is 69.9 cm³/mol. The van der Waals surface area contributed by atoms with Crippen molar-refractivity contribution in [3.63, 3.8) is 0 Å². The Morgan fingerprint density at radius 3 is 2.67 bits per heavy atom. The molecule has 0 bridgehead atoms. The van der Waals surface area contributed by atoms with Crippen molar-refractivity contribution in [3.8, 4) is 5.75 Å². The zero-order valence-corrected chi connectivity index (χ0v) is 11.2. The maximum Gasteiger partial charge on any atom is 0.309 e. The number of carboxylic acid groups (broad SMARTS) is 1. The second-order valence-electron chi connectivity index (χ2n) is 5.79. The number of hydrogen-bond donors (Lipinski definition) is 1. The predicted octanol–water partition coefficient (Wildman–Crippen LogP) is 3.19. The molecule has 0 unspecified atom stereocenters. The van der Waals surface area contributed by atoms with E-state index in [-0.39, 0.29) is 0 Å². The zero-order valence-electron chi connectivity index (χ0n) is 11.2. The summed E-state index contributed by atoms with van der Waals surface area (Å²) >= 11 is 0. The second kappa shape index (κ2) is 4.63. The molecule has 1 aliphatic carbocycles. The van der Waals surface area contributed by atoms with Crippen LogP contribution in [0.2, 0.25) is 0 Å². The van der Waals surface area contributed by atoms with Crippen LogP contribution in [-0.4, -0.2) is 17.2 Å². The molecule has 3 heteroatoms. The molecule has 1 aromatic rings. The van der Waals surface area contributed by atoms with E-state index in [1.165, 1.54) is 0 Å². The number of ether oxygens (including phenoxy) is 1. The lowest BCUT2D eigenvalue weighted by Gasteiger charge is -2.21. The van der Waals surface area contributed by atoms with Gasteiger partial charge in [-0.3, -0.25) is 4.79 Å². The highest BCUT2D eigenvalue weighted by Gasteiger charge is 2.30. The maximum absolute atomic E-state index is 11.2. The Balaban J connectivity index is 2.23. The van der Waals surface area contributed by atoms with Crippen LogP contribution in [0, 0.1) is 12.3 Å². The van der Waals surface area contributed by atoms with E-state index < -0.39 is 11.4 Å². The van der Waals surface area contributed by atoms with E-state index in [0.717, 1.165) is 29.7 Å². The van der Waals surface area contributed by atoms with Gasteiger partial charge in [-0.25, -0.2) is 0 Å². The van der Waals surface area contributed by atoms with Gasteiger partial charge in [0, 0.05) is 0 Å². The van der Waals surface area contributed by atoms with Crippen LogP contribution in [0.25, 0.3) is 0 Å².